The first-order valence-corrected chi connectivity index (χ1v) is 7.73. The van der Waals surface area contributed by atoms with Crippen LogP contribution >= 0.6 is 32.2 Å². The van der Waals surface area contributed by atoms with Gasteiger partial charge in [0.1, 0.15) is 17.2 Å². The lowest BCUT2D eigenvalue weighted by Crippen LogP contribution is -2.42. The van der Waals surface area contributed by atoms with E-state index < -0.39 is 10.4 Å². The fraction of sp³-hybridized carbons (Fsp3) is 1.00. The summed E-state index contributed by atoms with van der Waals surface area (Å²) in [5, 5.41) is 25.9. The Balaban J connectivity index is 0.000000202. The van der Waals surface area contributed by atoms with Gasteiger partial charge in [-0.2, -0.15) is 0 Å². The molecular formula is C11H20Br2O7. The molecule has 0 aromatic rings. The number of epoxide rings is 2. The molecule has 2 saturated heterocycles. The lowest BCUT2D eigenvalue weighted by molar-refractivity contribution is -0.0295. The van der Waals surface area contributed by atoms with Crippen molar-refractivity contribution in [2.45, 2.75) is 17.2 Å². The van der Waals surface area contributed by atoms with Crippen molar-refractivity contribution in [1.29, 1.82) is 0 Å². The van der Waals surface area contributed by atoms with Crippen molar-refractivity contribution in [2.75, 3.05) is 46.2 Å². The van der Waals surface area contributed by atoms with E-state index >= 15 is 0 Å². The standard InChI is InChI=1S/C6H10O3.C5H10Br2O4/c1(5-3-8-5)7-2-6-4-9-6;6-4(11-7)5(1-8,2-9)3-10/h5-6H,1-4H2;4,8-10H,1-3H2. The minimum atomic E-state index is -1.05. The Morgan fingerprint density at radius 1 is 1.05 bits per heavy atom. The zero-order valence-electron chi connectivity index (χ0n) is 10.9. The summed E-state index contributed by atoms with van der Waals surface area (Å²) in [4.78, 5) is 0. The van der Waals surface area contributed by atoms with Crippen LogP contribution in [0.1, 0.15) is 0 Å². The number of rotatable bonds is 9. The van der Waals surface area contributed by atoms with Crippen LogP contribution in [0.3, 0.4) is 0 Å². The Kier molecular flexibility index (Phi) is 9.03. The summed E-state index contributed by atoms with van der Waals surface area (Å²) >= 11 is 5.72. The highest BCUT2D eigenvalue weighted by Gasteiger charge is 2.37. The van der Waals surface area contributed by atoms with Gasteiger partial charge in [-0.05, 0) is 0 Å². The van der Waals surface area contributed by atoms with E-state index in [1.165, 1.54) is 0 Å². The van der Waals surface area contributed by atoms with E-state index in [0.717, 1.165) is 26.4 Å². The first kappa shape index (κ1) is 18.7. The van der Waals surface area contributed by atoms with Crippen LogP contribution in [0.5, 0.6) is 0 Å². The topological polar surface area (TPSA) is 104 Å². The molecule has 3 N–H and O–H groups in total. The maximum Gasteiger partial charge on any atom is 0.139 e. The molecular weight excluding hydrogens is 404 g/mol. The molecule has 20 heavy (non-hydrogen) atoms. The van der Waals surface area contributed by atoms with E-state index in [1.807, 2.05) is 0 Å². The van der Waals surface area contributed by atoms with Crippen LogP contribution in [-0.4, -0.2) is 78.8 Å². The number of hydrogen-bond donors (Lipinski definition) is 3. The van der Waals surface area contributed by atoms with Crippen LogP contribution in [0.25, 0.3) is 0 Å². The molecule has 3 atom stereocenters. The van der Waals surface area contributed by atoms with Gasteiger partial charge in [0.05, 0.1) is 67.9 Å². The summed E-state index contributed by atoms with van der Waals surface area (Å²) < 4.78 is 19.8. The SMILES string of the molecule is C(OCC1CO1)C1CO1.OCC(CO)(CO)C(Br)OBr. The summed E-state index contributed by atoms with van der Waals surface area (Å²) in [6.45, 7) is 2.18. The molecule has 0 radical (unpaired) electrons. The highest BCUT2D eigenvalue weighted by Crippen LogP contribution is 2.29. The van der Waals surface area contributed by atoms with Gasteiger partial charge in [-0.1, -0.05) is 15.9 Å². The third-order valence-corrected chi connectivity index (χ3v) is 4.95. The second kappa shape index (κ2) is 9.65. The molecule has 120 valence electrons. The molecule has 2 aliphatic heterocycles. The zero-order chi connectivity index (χ0) is 15.0. The van der Waals surface area contributed by atoms with Crippen molar-refractivity contribution in [2.24, 2.45) is 5.41 Å². The smallest absolute Gasteiger partial charge is 0.139 e. The third kappa shape index (κ3) is 6.63. The first-order chi connectivity index (χ1) is 9.61. The number of alkyl halides is 1. The zero-order valence-corrected chi connectivity index (χ0v) is 14.1. The van der Waals surface area contributed by atoms with Crippen molar-refractivity contribution in [3.63, 3.8) is 0 Å². The van der Waals surface area contributed by atoms with E-state index in [9.17, 15) is 0 Å². The molecule has 0 aliphatic carbocycles. The maximum atomic E-state index is 8.83. The highest BCUT2D eigenvalue weighted by atomic mass is 79.9. The fourth-order valence-corrected chi connectivity index (χ4v) is 1.95. The van der Waals surface area contributed by atoms with E-state index in [0.29, 0.717) is 12.2 Å². The Hall–Kier alpha value is 0.680. The summed E-state index contributed by atoms with van der Waals surface area (Å²) in [7, 11) is 0. The fourth-order valence-electron chi connectivity index (χ4n) is 1.12. The maximum absolute atomic E-state index is 8.83. The average molecular weight is 424 g/mol. The van der Waals surface area contributed by atoms with Crippen LogP contribution < -0.4 is 0 Å². The molecule has 2 rings (SSSR count). The predicted octanol–water partition coefficient (Wildman–Crippen LogP) is -0.202. The Morgan fingerprint density at radius 2 is 1.45 bits per heavy atom. The van der Waals surface area contributed by atoms with Gasteiger partial charge in [0.2, 0.25) is 0 Å². The summed E-state index contributed by atoms with van der Waals surface area (Å²) in [5.41, 5.74) is -1.05. The number of halogens is 2. The van der Waals surface area contributed by atoms with E-state index in [2.05, 4.69) is 36.0 Å². The van der Waals surface area contributed by atoms with Gasteiger partial charge in [0.15, 0.2) is 0 Å². The van der Waals surface area contributed by atoms with Crippen molar-refractivity contribution >= 4 is 32.2 Å². The third-order valence-electron chi connectivity index (χ3n) is 2.92. The molecule has 0 amide bonds. The van der Waals surface area contributed by atoms with Crippen LogP contribution in [0.2, 0.25) is 0 Å². The number of ether oxygens (including phenoxy) is 3. The Labute approximate surface area is 134 Å². The first-order valence-electron chi connectivity index (χ1n) is 6.17. The molecule has 0 bridgehead atoms. The van der Waals surface area contributed by atoms with Gasteiger partial charge < -0.3 is 29.5 Å². The van der Waals surface area contributed by atoms with Crippen LogP contribution in [-0.2, 0) is 18.0 Å². The van der Waals surface area contributed by atoms with Gasteiger partial charge in [0, 0.05) is 0 Å². The van der Waals surface area contributed by atoms with E-state index in [4.69, 9.17) is 29.5 Å². The number of aliphatic hydroxyl groups is 3. The van der Waals surface area contributed by atoms with Gasteiger partial charge >= 0.3 is 0 Å². The number of aliphatic hydroxyl groups excluding tert-OH is 3. The van der Waals surface area contributed by atoms with E-state index in [-0.39, 0.29) is 19.8 Å². The molecule has 2 aliphatic rings. The van der Waals surface area contributed by atoms with E-state index in [1.54, 1.807) is 0 Å². The summed E-state index contributed by atoms with van der Waals surface area (Å²) in [6.07, 6.45) is 0.785. The molecule has 0 saturated carbocycles. The minimum Gasteiger partial charge on any atom is -0.395 e. The van der Waals surface area contributed by atoms with Crippen LogP contribution in [0, 0.1) is 5.41 Å². The Bertz CT molecular complexity index is 237. The average Bonchev–Trinajstić information content (AvgIpc) is 3.36. The summed E-state index contributed by atoms with van der Waals surface area (Å²) in [5.74, 6) is 0. The van der Waals surface area contributed by atoms with Crippen LogP contribution in [0.4, 0.5) is 0 Å². The molecule has 2 heterocycles. The van der Waals surface area contributed by atoms with Gasteiger partial charge in [-0.25, -0.2) is 0 Å². The van der Waals surface area contributed by atoms with Gasteiger partial charge in [-0.15, -0.1) is 0 Å². The van der Waals surface area contributed by atoms with Crippen LogP contribution in [0.15, 0.2) is 0 Å². The van der Waals surface area contributed by atoms with Crippen molar-refractivity contribution < 1.29 is 33.4 Å². The quantitative estimate of drug-likeness (QED) is 0.348. The Morgan fingerprint density at radius 3 is 1.65 bits per heavy atom. The van der Waals surface area contributed by atoms with Crippen molar-refractivity contribution in [1.82, 2.24) is 0 Å². The molecule has 9 heteroatoms. The second-order valence-corrected chi connectivity index (χ2v) is 5.90. The molecule has 7 nitrogen and oxygen atoms in total. The lowest BCUT2D eigenvalue weighted by atomic mass is 9.93. The molecule has 0 spiro atoms. The largest absolute Gasteiger partial charge is 0.395 e. The minimum absolute atomic E-state index is 0.360. The summed E-state index contributed by atoms with van der Waals surface area (Å²) in [6, 6.07) is 0. The highest BCUT2D eigenvalue weighted by molar-refractivity contribution is 9.10. The van der Waals surface area contributed by atoms with Gasteiger partial charge in [0.25, 0.3) is 0 Å². The van der Waals surface area contributed by atoms with Gasteiger partial charge in [-0.3, -0.25) is 3.83 Å². The van der Waals surface area contributed by atoms with Crippen molar-refractivity contribution in [3.05, 3.63) is 0 Å². The lowest BCUT2D eigenvalue weighted by Gasteiger charge is -2.30. The molecule has 0 aromatic carbocycles. The molecule has 2 fully saturated rings. The molecule has 3 unspecified atom stereocenters. The molecule has 0 aromatic heterocycles. The van der Waals surface area contributed by atoms with Crippen molar-refractivity contribution in [3.8, 4) is 0 Å². The predicted molar refractivity (Wildman–Crippen MR) is 76.7 cm³/mol. The second-order valence-electron chi connectivity index (χ2n) is 4.69. The normalized spacial score (nSPS) is 25.6. The monoisotopic (exact) mass is 422 g/mol. The number of hydrogen-bond acceptors (Lipinski definition) is 7.